The number of carboxylic acids is 1. The number of hydrogen-bond donors (Lipinski definition) is 2. The topological polar surface area (TPSA) is 69.6 Å². The molecule has 1 amide bonds. The van der Waals surface area contributed by atoms with Crippen LogP contribution in [0.2, 0.25) is 0 Å². The Kier molecular flexibility index (Phi) is 4.74. The molecule has 0 spiro atoms. The molecular formula is C15H20N2O3. The number of rotatable bonds is 5. The van der Waals surface area contributed by atoms with E-state index in [4.69, 9.17) is 5.11 Å². The Labute approximate surface area is 118 Å². The third-order valence-electron chi connectivity index (χ3n) is 3.73. The Morgan fingerprint density at radius 2 is 2.15 bits per heavy atom. The van der Waals surface area contributed by atoms with E-state index in [1.807, 2.05) is 31.2 Å². The Bertz CT molecular complexity index is 502. The van der Waals surface area contributed by atoms with E-state index in [1.165, 1.54) is 0 Å². The number of hydrogen-bond acceptors (Lipinski definition) is 3. The Morgan fingerprint density at radius 3 is 2.85 bits per heavy atom. The zero-order chi connectivity index (χ0) is 14.5. The highest BCUT2D eigenvalue weighted by Crippen LogP contribution is 2.16. The van der Waals surface area contributed by atoms with Crippen LogP contribution in [0.15, 0.2) is 24.3 Å². The van der Waals surface area contributed by atoms with Gasteiger partial charge in [-0.15, -0.1) is 0 Å². The first-order valence-electron chi connectivity index (χ1n) is 6.86. The molecule has 1 aromatic rings. The van der Waals surface area contributed by atoms with E-state index in [2.05, 4.69) is 5.32 Å². The summed E-state index contributed by atoms with van der Waals surface area (Å²) >= 11 is 0. The number of carboxylic acid groups (broad SMARTS) is 1. The molecule has 5 heteroatoms. The summed E-state index contributed by atoms with van der Waals surface area (Å²) in [6, 6.07) is 7.37. The van der Waals surface area contributed by atoms with Crippen LogP contribution in [0.3, 0.4) is 0 Å². The lowest BCUT2D eigenvalue weighted by Gasteiger charge is -2.20. The predicted octanol–water partition coefficient (Wildman–Crippen LogP) is 1.16. The molecule has 1 heterocycles. The summed E-state index contributed by atoms with van der Waals surface area (Å²) in [6.07, 6.45) is 1.46. The van der Waals surface area contributed by atoms with Gasteiger partial charge in [-0.05, 0) is 37.4 Å². The average molecular weight is 276 g/mol. The maximum Gasteiger partial charge on any atom is 0.320 e. The smallest absolute Gasteiger partial charge is 0.320 e. The normalized spacial score (nSPS) is 18.9. The second kappa shape index (κ2) is 6.52. The fourth-order valence-electron chi connectivity index (χ4n) is 2.54. The first-order valence-corrected chi connectivity index (χ1v) is 6.86. The minimum Gasteiger partial charge on any atom is -0.480 e. The van der Waals surface area contributed by atoms with Crippen LogP contribution in [0.4, 0.5) is 0 Å². The van der Waals surface area contributed by atoms with Gasteiger partial charge in [-0.1, -0.05) is 24.3 Å². The molecule has 0 aliphatic carbocycles. The second-order valence-electron chi connectivity index (χ2n) is 5.17. The van der Waals surface area contributed by atoms with Crippen molar-refractivity contribution in [2.75, 3.05) is 13.1 Å². The number of nitrogens with one attached hydrogen (secondary N) is 1. The number of carbonyl (C=O) groups excluding carboxylic acids is 1. The first-order chi connectivity index (χ1) is 9.58. The molecule has 1 saturated heterocycles. The molecule has 1 aromatic carbocycles. The number of nitrogens with zero attached hydrogens (tertiary/aromatic N) is 1. The van der Waals surface area contributed by atoms with E-state index in [0.717, 1.165) is 17.5 Å². The highest BCUT2D eigenvalue weighted by atomic mass is 16.4. The summed E-state index contributed by atoms with van der Waals surface area (Å²) < 4.78 is 0. The third kappa shape index (κ3) is 3.57. The highest BCUT2D eigenvalue weighted by molar-refractivity contribution is 5.80. The molecule has 2 rings (SSSR count). The fraction of sp³-hybridized carbons (Fsp3) is 0.467. The van der Waals surface area contributed by atoms with Gasteiger partial charge in [0.25, 0.3) is 0 Å². The number of carbonyl (C=O) groups is 2. The van der Waals surface area contributed by atoms with Crippen molar-refractivity contribution < 1.29 is 14.7 Å². The molecule has 108 valence electrons. The monoisotopic (exact) mass is 276 g/mol. The number of amides is 1. The largest absolute Gasteiger partial charge is 0.480 e. The van der Waals surface area contributed by atoms with E-state index in [0.29, 0.717) is 19.5 Å². The minimum absolute atomic E-state index is 0.124. The summed E-state index contributed by atoms with van der Waals surface area (Å²) in [7, 11) is 0. The van der Waals surface area contributed by atoms with Crippen molar-refractivity contribution in [1.82, 2.24) is 10.2 Å². The van der Waals surface area contributed by atoms with Crippen LogP contribution < -0.4 is 5.32 Å². The SMILES string of the molecule is Cc1ccccc1CNC(=O)CN1CCC[C@H]1C(=O)O. The van der Waals surface area contributed by atoms with Crippen molar-refractivity contribution in [3.05, 3.63) is 35.4 Å². The summed E-state index contributed by atoms with van der Waals surface area (Å²) in [5.41, 5.74) is 2.22. The summed E-state index contributed by atoms with van der Waals surface area (Å²) in [5.74, 6) is -0.962. The lowest BCUT2D eigenvalue weighted by molar-refractivity contribution is -0.142. The van der Waals surface area contributed by atoms with Crippen LogP contribution >= 0.6 is 0 Å². The first kappa shape index (κ1) is 14.5. The Balaban J connectivity index is 1.84. The van der Waals surface area contributed by atoms with Gasteiger partial charge in [0.1, 0.15) is 6.04 Å². The molecule has 0 bridgehead atoms. The van der Waals surface area contributed by atoms with Crippen LogP contribution in [-0.2, 0) is 16.1 Å². The Hall–Kier alpha value is -1.88. The van der Waals surface area contributed by atoms with Gasteiger partial charge in [0, 0.05) is 6.54 Å². The summed E-state index contributed by atoms with van der Waals surface area (Å²) in [4.78, 5) is 24.7. The van der Waals surface area contributed by atoms with Crippen LogP contribution in [0.1, 0.15) is 24.0 Å². The molecule has 0 aromatic heterocycles. The van der Waals surface area contributed by atoms with Gasteiger partial charge in [-0.2, -0.15) is 0 Å². The fourth-order valence-corrected chi connectivity index (χ4v) is 2.54. The number of aryl methyl sites for hydroxylation is 1. The molecule has 1 aliphatic heterocycles. The van der Waals surface area contributed by atoms with E-state index in [-0.39, 0.29) is 12.5 Å². The van der Waals surface area contributed by atoms with E-state index in [9.17, 15) is 9.59 Å². The van der Waals surface area contributed by atoms with E-state index >= 15 is 0 Å². The van der Waals surface area contributed by atoms with E-state index < -0.39 is 12.0 Å². The van der Waals surface area contributed by atoms with Crippen LogP contribution in [0.5, 0.6) is 0 Å². The molecule has 5 nitrogen and oxygen atoms in total. The molecule has 0 radical (unpaired) electrons. The third-order valence-corrected chi connectivity index (χ3v) is 3.73. The molecular weight excluding hydrogens is 256 g/mol. The second-order valence-corrected chi connectivity index (χ2v) is 5.17. The number of aliphatic carboxylic acids is 1. The molecule has 20 heavy (non-hydrogen) atoms. The minimum atomic E-state index is -0.839. The van der Waals surface area contributed by atoms with Gasteiger partial charge in [-0.3, -0.25) is 14.5 Å². The van der Waals surface area contributed by atoms with Crippen molar-refractivity contribution in [3.63, 3.8) is 0 Å². The maximum absolute atomic E-state index is 11.9. The molecule has 0 unspecified atom stereocenters. The number of likely N-dealkylation sites (tertiary alicyclic amines) is 1. The maximum atomic E-state index is 11.9. The predicted molar refractivity (Wildman–Crippen MR) is 75.3 cm³/mol. The van der Waals surface area contributed by atoms with Gasteiger partial charge in [0.15, 0.2) is 0 Å². The average Bonchev–Trinajstić information content (AvgIpc) is 2.86. The highest BCUT2D eigenvalue weighted by Gasteiger charge is 2.31. The standard InChI is InChI=1S/C15H20N2O3/c1-11-5-2-3-6-12(11)9-16-14(18)10-17-8-4-7-13(17)15(19)20/h2-3,5-6,13H,4,7-10H2,1H3,(H,16,18)(H,19,20)/t13-/m0/s1. The number of benzene rings is 1. The molecule has 1 fully saturated rings. The summed E-state index contributed by atoms with van der Waals surface area (Å²) in [5, 5.41) is 11.9. The van der Waals surface area contributed by atoms with Gasteiger partial charge in [0.2, 0.25) is 5.91 Å². The van der Waals surface area contributed by atoms with Crippen LogP contribution in [0.25, 0.3) is 0 Å². The van der Waals surface area contributed by atoms with Crippen LogP contribution in [-0.4, -0.2) is 41.0 Å². The molecule has 0 saturated carbocycles. The lowest BCUT2D eigenvalue weighted by atomic mass is 10.1. The van der Waals surface area contributed by atoms with Crippen molar-refractivity contribution in [2.45, 2.75) is 32.4 Å². The lowest BCUT2D eigenvalue weighted by Crippen LogP contribution is -2.42. The molecule has 1 atom stereocenters. The van der Waals surface area contributed by atoms with Crippen molar-refractivity contribution in [3.8, 4) is 0 Å². The molecule has 1 aliphatic rings. The summed E-state index contributed by atoms with van der Waals surface area (Å²) in [6.45, 7) is 3.32. The van der Waals surface area contributed by atoms with Crippen LogP contribution in [0, 0.1) is 6.92 Å². The zero-order valence-electron chi connectivity index (χ0n) is 11.6. The van der Waals surface area contributed by atoms with Crippen molar-refractivity contribution >= 4 is 11.9 Å². The zero-order valence-corrected chi connectivity index (χ0v) is 11.6. The quantitative estimate of drug-likeness (QED) is 0.846. The van der Waals surface area contributed by atoms with Crippen molar-refractivity contribution in [1.29, 1.82) is 0 Å². The van der Waals surface area contributed by atoms with Gasteiger partial charge in [-0.25, -0.2) is 0 Å². The van der Waals surface area contributed by atoms with Gasteiger partial charge < -0.3 is 10.4 Å². The van der Waals surface area contributed by atoms with Gasteiger partial charge >= 0.3 is 5.97 Å². The molecule has 2 N–H and O–H groups in total. The van der Waals surface area contributed by atoms with Gasteiger partial charge in [0.05, 0.1) is 6.54 Å². The van der Waals surface area contributed by atoms with E-state index in [1.54, 1.807) is 4.90 Å². The Morgan fingerprint density at radius 1 is 1.40 bits per heavy atom. The van der Waals surface area contributed by atoms with Crippen molar-refractivity contribution in [2.24, 2.45) is 0 Å².